The molecule has 0 saturated carbocycles. The first kappa shape index (κ1) is 23.2. The first-order valence-electron chi connectivity index (χ1n) is 7.46. The Labute approximate surface area is 154 Å². The molecule has 2 rings (SSSR count). The van der Waals surface area contributed by atoms with Gasteiger partial charge in [0.05, 0.1) is 21.8 Å². The van der Waals surface area contributed by atoms with Crippen molar-refractivity contribution in [2.75, 3.05) is 0 Å². The van der Waals surface area contributed by atoms with Crippen LogP contribution in [0, 0.1) is 0 Å². The van der Waals surface area contributed by atoms with Crippen molar-refractivity contribution >= 4 is 34.6 Å². The van der Waals surface area contributed by atoms with Crippen LogP contribution in [0.1, 0.15) is 42.1 Å². The van der Waals surface area contributed by atoms with Gasteiger partial charge in [-0.3, -0.25) is 0 Å². The number of aliphatic carboxylic acids is 2. The van der Waals surface area contributed by atoms with Gasteiger partial charge < -0.3 is 36.4 Å². The highest BCUT2D eigenvalue weighted by Gasteiger charge is 2.03. The predicted molar refractivity (Wildman–Crippen MR) is 91.9 cm³/mol. The third-order valence-corrected chi connectivity index (χ3v) is 4.90. The summed E-state index contributed by atoms with van der Waals surface area (Å²) in [6, 6.07) is 9.25. The summed E-state index contributed by atoms with van der Waals surface area (Å²) in [7, 11) is 0. The quantitative estimate of drug-likeness (QED) is 0.559. The Hall–Kier alpha value is -1.78. The highest BCUT2D eigenvalue weighted by atomic mass is 32.1. The summed E-state index contributed by atoms with van der Waals surface area (Å²) >= 11 is 3.54. The summed E-state index contributed by atoms with van der Waals surface area (Å²) in [6.45, 7) is 4.21. The first-order valence-corrected chi connectivity index (χ1v) is 9.22. The maximum Gasteiger partial charge on any atom is 0.116 e. The lowest BCUT2D eigenvalue weighted by atomic mass is 10.3. The number of aliphatic hydroxyl groups excluding tert-OH is 1. The van der Waals surface area contributed by atoms with Crippen LogP contribution in [0.5, 0.6) is 0 Å². The average Bonchev–Trinajstić information content (AvgIpc) is 3.21. The van der Waals surface area contributed by atoms with E-state index in [0.29, 0.717) is 12.1 Å². The highest BCUT2D eigenvalue weighted by Crippen LogP contribution is 2.14. The number of carboxylic acids is 2. The van der Waals surface area contributed by atoms with Crippen molar-refractivity contribution in [2.24, 2.45) is 0 Å². The second kappa shape index (κ2) is 12.6. The molecule has 0 aromatic carbocycles. The molecule has 0 aliphatic rings. The summed E-state index contributed by atoms with van der Waals surface area (Å²) in [5, 5.41) is 31.5. The van der Waals surface area contributed by atoms with Crippen molar-refractivity contribution < 1.29 is 36.4 Å². The number of carbonyl (C=O) groups excluding carboxylic acids is 2. The fourth-order valence-corrected chi connectivity index (χ4v) is 2.79. The zero-order valence-electron chi connectivity index (χ0n) is 14.2. The molecule has 0 fully saturated rings. The fraction of sp³-hybridized carbons (Fsp3) is 0.375. The summed E-state index contributed by atoms with van der Waals surface area (Å²) < 4.78 is 0. The number of aliphatic hydroxyl groups is 1. The molecule has 140 valence electrons. The SMILES string of the molecule is CC([NH3+])c1cccs1.CC([NH3+])c1cccs1.O=C([O-])C[C@@H](O)C(=O)[O-]. The van der Waals surface area contributed by atoms with E-state index in [-0.39, 0.29) is 0 Å². The third kappa shape index (κ3) is 11.4. The number of rotatable bonds is 5. The molecular formula is C16H24N2O5S2. The van der Waals surface area contributed by atoms with E-state index in [1.807, 2.05) is 0 Å². The summed E-state index contributed by atoms with van der Waals surface area (Å²) in [6.07, 6.45) is -2.89. The minimum absolute atomic E-state index is 0.454. The molecule has 25 heavy (non-hydrogen) atoms. The van der Waals surface area contributed by atoms with Crippen LogP contribution in [0.15, 0.2) is 35.0 Å². The molecule has 3 atom stereocenters. The summed E-state index contributed by atoms with van der Waals surface area (Å²) in [5.74, 6) is -3.43. The van der Waals surface area contributed by atoms with Crippen molar-refractivity contribution in [3.05, 3.63) is 44.8 Å². The predicted octanol–water partition coefficient (Wildman–Crippen LogP) is -1.66. The summed E-state index contributed by atoms with van der Waals surface area (Å²) in [4.78, 5) is 21.9. The van der Waals surface area contributed by atoms with Gasteiger partial charge in [0.1, 0.15) is 12.1 Å². The van der Waals surface area contributed by atoms with Crippen molar-refractivity contribution in [1.82, 2.24) is 0 Å². The van der Waals surface area contributed by atoms with Gasteiger partial charge >= 0.3 is 0 Å². The maximum atomic E-state index is 9.58. The van der Waals surface area contributed by atoms with Crippen LogP contribution in [0.4, 0.5) is 0 Å². The molecular weight excluding hydrogens is 364 g/mol. The van der Waals surface area contributed by atoms with Gasteiger partial charge in [-0.2, -0.15) is 0 Å². The van der Waals surface area contributed by atoms with Crippen LogP contribution in [0.25, 0.3) is 0 Å². The zero-order chi connectivity index (χ0) is 19.4. The average molecular weight is 389 g/mol. The molecule has 0 spiro atoms. The molecule has 0 amide bonds. The monoisotopic (exact) mass is 388 g/mol. The molecule has 0 saturated heterocycles. The van der Waals surface area contributed by atoms with E-state index < -0.39 is 24.5 Å². The number of thiophene rings is 2. The van der Waals surface area contributed by atoms with Gasteiger partial charge in [-0.15, -0.1) is 22.7 Å². The van der Waals surface area contributed by atoms with Crippen LogP contribution in [0.2, 0.25) is 0 Å². The van der Waals surface area contributed by atoms with Gasteiger partial charge in [-0.05, 0) is 36.7 Å². The lowest BCUT2D eigenvalue weighted by molar-refractivity contribution is -0.419. The van der Waals surface area contributed by atoms with Gasteiger partial charge in [0.2, 0.25) is 0 Å². The molecule has 0 aliphatic carbocycles. The Bertz CT molecular complexity index is 560. The van der Waals surface area contributed by atoms with E-state index in [2.05, 4.69) is 60.3 Å². The Balaban J connectivity index is 0.000000346. The number of hydrogen-bond donors (Lipinski definition) is 3. The zero-order valence-corrected chi connectivity index (χ0v) is 15.8. The van der Waals surface area contributed by atoms with Gasteiger partial charge in [0, 0.05) is 12.4 Å². The molecule has 7 N–H and O–H groups in total. The molecule has 9 heteroatoms. The van der Waals surface area contributed by atoms with Crippen LogP contribution >= 0.6 is 22.7 Å². The lowest BCUT2D eigenvalue weighted by Crippen LogP contribution is -2.51. The van der Waals surface area contributed by atoms with E-state index in [9.17, 15) is 19.8 Å². The molecule has 2 aromatic rings. The molecule has 0 aliphatic heterocycles. The number of carboxylic acid groups (broad SMARTS) is 2. The van der Waals surface area contributed by atoms with E-state index in [0.717, 1.165) is 0 Å². The Morgan fingerprint density at radius 1 is 1.04 bits per heavy atom. The Kier molecular flexibility index (Phi) is 11.7. The Morgan fingerprint density at radius 2 is 1.44 bits per heavy atom. The second-order valence-corrected chi connectivity index (χ2v) is 7.20. The van der Waals surface area contributed by atoms with Gasteiger partial charge in [-0.25, -0.2) is 0 Å². The van der Waals surface area contributed by atoms with E-state index in [4.69, 9.17) is 5.11 Å². The van der Waals surface area contributed by atoms with Crippen LogP contribution in [-0.2, 0) is 9.59 Å². The smallest absolute Gasteiger partial charge is 0.116 e. The lowest BCUT2D eigenvalue weighted by Gasteiger charge is -2.10. The summed E-state index contributed by atoms with van der Waals surface area (Å²) in [5.41, 5.74) is 7.78. The van der Waals surface area contributed by atoms with Crippen LogP contribution in [0.3, 0.4) is 0 Å². The molecule has 2 unspecified atom stereocenters. The normalized spacial score (nSPS) is 13.3. The Morgan fingerprint density at radius 3 is 1.56 bits per heavy atom. The van der Waals surface area contributed by atoms with E-state index in [1.165, 1.54) is 9.75 Å². The molecule has 0 bridgehead atoms. The minimum Gasteiger partial charge on any atom is -0.550 e. The van der Waals surface area contributed by atoms with Gasteiger partial charge in [0.15, 0.2) is 0 Å². The molecule has 2 heterocycles. The first-order chi connectivity index (χ1) is 11.6. The van der Waals surface area contributed by atoms with Crippen molar-refractivity contribution in [3.8, 4) is 0 Å². The number of carbonyl (C=O) groups is 2. The number of quaternary nitrogens is 2. The van der Waals surface area contributed by atoms with Crippen molar-refractivity contribution in [2.45, 2.75) is 38.5 Å². The van der Waals surface area contributed by atoms with Crippen LogP contribution < -0.4 is 21.7 Å². The molecule has 2 aromatic heterocycles. The molecule has 7 nitrogen and oxygen atoms in total. The van der Waals surface area contributed by atoms with E-state index >= 15 is 0 Å². The highest BCUT2D eigenvalue weighted by molar-refractivity contribution is 7.10. The molecule has 0 radical (unpaired) electrons. The topological polar surface area (TPSA) is 156 Å². The van der Waals surface area contributed by atoms with Gasteiger partial charge in [0.25, 0.3) is 0 Å². The van der Waals surface area contributed by atoms with Gasteiger partial charge in [-0.1, -0.05) is 12.1 Å². The minimum atomic E-state index is -1.96. The number of hydrogen-bond acceptors (Lipinski definition) is 7. The largest absolute Gasteiger partial charge is 0.550 e. The second-order valence-electron chi connectivity index (χ2n) is 5.24. The van der Waals surface area contributed by atoms with Crippen molar-refractivity contribution in [3.63, 3.8) is 0 Å². The van der Waals surface area contributed by atoms with Crippen molar-refractivity contribution in [1.29, 1.82) is 0 Å². The maximum absolute atomic E-state index is 9.58. The van der Waals surface area contributed by atoms with E-state index in [1.54, 1.807) is 22.7 Å². The van der Waals surface area contributed by atoms with Crippen LogP contribution in [-0.4, -0.2) is 23.1 Å². The standard InChI is InChI=1S/2C6H9NS.C4H6O5/c2*1-5(7)6-3-2-4-8-6;5-2(4(8)9)1-3(6)7/h2*2-5H,7H2,1H3;2,5H,1H2,(H,6,7)(H,8,9)/t;;2-/m..1/s1. The third-order valence-electron chi connectivity index (χ3n) is 2.69. The fourth-order valence-electron chi connectivity index (χ4n) is 1.38.